The number of carbonyl (C=O) groups excluding carboxylic acids is 3. The van der Waals surface area contributed by atoms with E-state index in [-0.39, 0.29) is 6.42 Å². The topological polar surface area (TPSA) is 84.5 Å². The van der Waals surface area contributed by atoms with Crippen molar-refractivity contribution in [3.05, 3.63) is 22.4 Å². The van der Waals surface area contributed by atoms with Crippen molar-refractivity contribution in [2.24, 2.45) is 5.92 Å². The average molecular weight is 312 g/mol. The van der Waals surface area contributed by atoms with Crippen LogP contribution in [-0.2, 0) is 20.7 Å². The molecule has 0 saturated heterocycles. The van der Waals surface area contributed by atoms with Crippen LogP contribution in [0.5, 0.6) is 0 Å². The molecule has 2 N–H and O–H groups in total. The number of carbonyl (C=O) groups is 3. The summed E-state index contributed by atoms with van der Waals surface area (Å²) in [5.74, 6) is -0.663. The molecule has 6 nitrogen and oxygen atoms in total. The molecule has 116 valence electrons. The zero-order valence-electron chi connectivity index (χ0n) is 12.2. The van der Waals surface area contributed by atoms with E-state index in [1.165, 1.54) is 11.3 Å². The van der Waals surface area contributed by atoms with Gasteiger partial charge in [-0.15, -0.1) is 11.3 Å². The molecule has 1 rings (SSSR count). The van der Waals surface area contributed by atoms with Gasteiger partial charge in [0.2, 0.25) is 0 Å². The maximum absolute atomic E-state index is 11.5. The Morgan fingerprint density at radius 1 is 1.33 bits per heavy atom. The van der Waals surface area contributed by atoms with Gasteiger partial charge in [-0.05, 0) is 23.8 Å². The summed E-state index contributed by atoms with van der Waals surface area (Å²) in [6.07, 6.45) is 0.961. The molecular weight excluding hydrogens is 292 g/mol. The Morgan fingerprint density at radius 2 is 2.10 bits per heavy atom. The predicted octanol–water partition coefficient (Wildman–Crippen LogP) is 1.71. The lowest BCUT2D eigenvalue weighted by Crippen LogP contribution is -2.42. The molecule has 0 bridgehead atoms. The van der Waals surface area contributed by atoms with Crippen LogP contribution in [-0.4, -0.2) is 31.1 Å². The third-order valence-corrected chi connectivity index (χ3v) is 3.40. The van der Waals surface area contributed by atoms with Gasteiger partial charge < -0.3 is 10.1 Å². The highest BCUT2D eigenvalue weighted by Crippen LogP contribution is 2.09. The van der Waals surface area contributed by atoms with Crippen LogP contribution in [0.2, 0.25) is 0 Å². The first-order chi connectivity index (χ1) is 9.97. The number of thiophene rings is 1. The van der Waals surface area contributed by atoms with Gasteiger partial charge in [0.05, 0.1) is 6.42 Å². The summed E-state index contributed by atoms with van der Waals surface area (Å²) in [5, 5.41) is 6.52. The molecule has 3 amide bonds. The van der Waals surface area contributed by atoms with Gasteiger partial charge in [-0.25, -0.2) is 4.79 Å². The van der Waals surface area contributed by atoms with Crippen LogP contribution in [0.25, 0.3) is 0 Å². The second-order valence-electron chi connectivity index (χ2n) is 4.90. The zero-order valence-corrected chi connectivity index (χ0v) is 13.0. The minimum atomic E-state index is -0.642. The van der Waals surface area contributed by atoms with Crippen LogP contribution in [0.1, 0.15) is 25.1 Å². The van der Waals surface area contributed by atoms with E-state index in [4.69, 9.17) is 4.74 Å². The van der Waals surface area contributed by atoms with Gasteiger partial charge in [-0.3, -0.25) is 14.9 Å². The zero-order chi connectivity index (χ0) is 15.7. The van der Waals surface area contributed by atoms with E-state index in [0.29, 0.717) is 12.5 Å². The lowest BCUT2D eigenvalue weighted by atomic mass is 10.1. The van der Waals surface area contributed by atoms with E-state index < -0.39 is 24.5 Å². The SMILES string of the molecule is CC(C)CCNC(=O)NC(=O)COC(=O)Cc1cccs1. The summed E-state index contributed by atoms with van der Waals surface area (Å²) in [6.45, 7) is 4.12. The number of amides is 3. The smallest absolute Gasteiger partial charge is 0.321 e. The molecule has 0 spiro atoms. The highest BCUT2D eigenvalue weighted by atomic mass is 32.1. The van der Waals surface area contributed by atoms with Crippen LogP contribution in [0.3, 0.4) is 0 Å². The van der Waals surface area contributed by atoms with E-state index in [0.717, 1.165) is 11.3 Å². The molecule has 1 aromatic rings. The second kappa shape index (κ2) is 9.12. The molecule has 0 aliphatic rings. The highest BCUT2D eigenvalue weighted by Gasteiger charge is 2.11. The van der Waals surface area contributed by atoms with Crippen molar-refractivity contribution in [1.82, 2.24) is 10.6 Å². The highest BCUT2D eigenvalue weighted by molar-refractivity contribution is 7.10. The van der Waals surface area contributed by atoms with Gasteiger partial charge in [0.15, 0.2) is 6.61 Å². The van der Waals surface area contributed by atoms with E-state index in [1.54, 1.807) is 0 Å². The Kier molecular flexibility index (Phi) is 7.45. The van der Waals surface area contributed by atoms with E-state index >= 15 is 0 Å². The number of ether oxygens (including phenoxy) is 1. The Morgan fingerprint density at radius 3 is 2.71 bits per heavy atom. The number of urea groups is 1. The van der Waals surface area contributed by atoms with Crippen LogP contribution in [0.15, 0.2) is 17.5 Å². The Balaban J connectivity index is 2.15. The fraction of sp³-hybridized carbons (Fsp3) is 0.500. The summed E-state index contributed by atoms with van der Waals surface area (Å²) >= 11 is 1.44. The van der Waals surface area contributed by atoms with Crippen LogP contribution in [0, 0.1) is 5.92 Å². The molecule has 0 unspecified atom stereocenters. The van der Waals surface area contributed by atoms with Gasteiger partial charge in [0, 0.05) is 11.4 Å². The Labute approximate surface area is 127 Å². The molecule has 1 heterocycles. The maximum atomic E-state index is 11.5. The minimum Gasteiger partial charge on any atom is -0.455 e. The van der Waals surface area contributed by atoms with Gasteiger partial charge in [0.25, 0.3) is 5.91 Å². The Hall–Kier alpha value is -1.89. The molecule has 0 fully saturated rings. The molecule has 0 radical (unpaired) electrons. The third kappa shape index (κ3) is 8.09. The van der Waals surface area contributed by atoms with Crippen LogP contribution in [0.4, 0.5) is 4.79 Å². The maximum Gasteiger partial charge on any atom is 0.321 e. The second-order valence-corrected chi connectivity index (χ2v) is 5.94. The van der Waals surface area contributed by atoms with Crippen LogP contribution < -0.4 is 10.6 Å². The predicted molar refractivity (Wildman–Crippen MR) is 80.0 cm³/mol. The van der Waals surface area contributed by atoms with Gasteiger partial charge in [-0.1, -0.05) is 19.9 Å². The van der Waals surface area contributed by atoms with Crippen molar-refractivity contribution < 1.29 is 19.1 Å². The molecule has 1 aromatic heterocycles. The van der Waals surface area contributed by atoms with Gasteiger partial charge in [-0.2, -0.15) is 0 Å². The summed E-state index contributed by atoms with van der Waals surface area (Å²) in [5.41, 5.74) is 0. The summed E-state index contributed by atoms with van der Waals surface area (Å²) < 4.78 is 4.80. The molecule has 0 aromatic carbocycles. The van der Waals surface area contributed by atoms with Crippen molar-refractivity contribution in [3.63, 3.8) is 0 Å². The number of hydrogen-bond acceptors (Lipinski definition) is 5. The van der Waals surface area contributed by atoms with Crippen LogP contribution >= 0.6 is 11.3 Å². The first-order valence-electron chi connectivity index (χ1n) is 6.73. The third-order valence-electron chi connectivity index (χ3n) is 2.52. The molecule has 7 heteroatoms. The first-order valence-corrected chi connectivity index (χ1v) is 7.61. The molecular formula is C14H20N2O4S. The van der Waals surface area contributed by atoms with Crippen molar-refractivity contribution >= 4 is 29.2 Å². The fourth-order valence-electron chi connectivity index (χ4n) is 1.43. The number of hydrogen-bond donors (Lipinski definition) is 2. The van der Waals surface area contributed by atoms with E-state index in [9.17, 15) is 14.4 Å². The largest absolute Gasteiger partial charge is 0.455 e. The molecule has 21 heavy (non-hydrogen) atoms. The lowest BCUT2D eigenvalue weighted by molar-refractivity contribution is -0.147. The summed E-state index contributed by atoms with van der Waals surface area (Å²) in [6, 6.07) is 3.07. The molecule has 0 aliphatic carbocycles. The minimum absolute atomic E-state index is 0.130. The number of rotatable bonds is 7. The first kappa shape index (κ1) is 17.2. The lowest BCUT2D eigenvalue weighted by Gasteiger charge is -2.08. The van der Waals surface area contributed by atoms with Crippen molar-refractivity contribution in [3.8, 4) is 0 Å². The van der Waals surface area contributed by atoms with E-state index in [1.807, 2.05) is 31.4 Å². The monoisotopic (exact) mass is 312 g/mol. The fourth-order valence-corrected chi connectivity index (χ4v) is 2.12. The number of nitrogens with one attached hydrogen (secondary N) is 2. The Bertz CT molecular complexity index is 471. The molecule has 0 atom stereocenters. The molecule has 0 aliphatic heterocycles. The summed E-state index contributed by atoms with van der Waals surface area (Å²) in [7, 11) is 0. The summed E-state index contributed by atoms with van der Waals surface area (Å²) in [4.78, 5) is 35.1. The quantitative estimate of drug-likeness (QED) is 0.751. The van der Waals surface area contributed by atoms with Gasteiger partial charge in [0.1, 0.15) is 0 Å². The normalized spacial score (nSPS) is 10.2. The van der Waals surface area contributed by atoms with Crippen molar-refractivity contribution in [2.75, 3.05) is 13.2 Å². The standard InChI is InChI=1S/C14H20N2O4S/c1-10(2)5-6-15-14(19)16-12(17)9-20-13(18)8-11-4-3-7-21-11/h3-4,7,10H,5-6,8-9H2,1-2H3,(H2,15,16,17,19). The molecule has 0 saturated carbocycles. The van der Waals surface area contributed by atoms with Gasteiger partial charge >= 0.3 is 12.0 Å². The van der Waals surface area contributed by atoms with Crippen molar-refractivity contribution in [2.45, 2.75) is 26.7 Å². The van der Waals surface area contributed by atoms with Crippen molar-refractivity contribution in [1.29, 1.82) is 0 Å². The average Bonchev–Trinajstić information content (AvgIpc) is 2.88. The number of esters is 1. The number of imide groups is 1. The van der Waals surface area contributed by atoms with E-state index in [2.05, 4.69) is 10.6 Å².